The number of nitrogens with zero attached hydrogens (tertiary/aromatic N) is 2. The molecule has 0 spiro atoms. The first-order valence-corrected chi connectivity index (χ1v) is 14.0. The van der Waals surface area contributed by atoms with E-state index in [1.165, 1.54) is 32.2 Å². The third-order valence-corrected chi connectivity index (χ3v) is 7.66. The van der Waals surface area contributed by atoms with Gasteiger partial charge in [0.05, 0.1) is 22.6 Å². The summed E-state index contributed by atoms with van der Waals surface area (Å²) in [5, 5.41) is 12.3. The van der Waals surface area contributed by atoms with Crippen LogP contribution in [-0.4, -0.2) is 50.4 Å². The van der Waals surface area contributed by atoms with Gasteiger partial charge in [0.2, 0.25) is 0 Å². The summed E-state index contributed by atoms with van der Waals surface area (Å²) in [6, 6.07) is 6.34. The Labute approximate surface area is 221 Å². The number of aliphatic imine (C=N–C) groups is 2. The molecule has 0 saturated heterocycles. The molecule has 0 unspecified atom stereocenters. The second-order valence-corrected chi connectivity index (χ2v) is 11.5. The standard InChI is InChI=1S/C27H32F2N4O4S/c1-15(17-5-8-21(34)9-6-17)32-25(26(30)31-3)18-7-10-23(24(29)13-18)27(35)33-16(2)19-11-20(28)14-22(12-19)38(4,36)37/h7,10-14,16-17,21,34H,1,5-6,8-9H2,2-4H3,(H2,30,31)(H,33,35)/t16-,17?,21?/m1/s1. The minimum atomic E-state index is -3.67. The molecule has 0 aliphatic heterocycles. The van der Waals surface area contributed by atoms with E-state index in [2.05, 4.69) is 21.9 Å². The highest BCUT2D eigenvalue weighted by molar-refractivity contribution is 7.90. The number of rotatable bonds is 8. The lowest BCUT2D eigenvalue weighted by molar-refractivity contribution is 0.0935. The molecule has 0 heterocycles. The average molecular weight is 547 g/mol. The highest BCUT2D eigenvalue weighted by atomic mass is 32.2. The third-order valence-electron chi connectivity index (χ3n) is 6.56. The normalized spacial score (nSPS) is 19.6. The van der Waals surface area contributed by atoms with Gasteiger partial charge in [-0.3, -0.25) is 9.79 Å². The molecule has 1 saturated carbocycles. The molecule has 204 valence electrons. The summed E-state index contributed by atoms with van der Waals surface area (Å²) in [5.41, 5.74) is 7.06. The van der Waals surface area contributed by atoms with E-state index in [0.29, 0.717) is 24.1 Å². The Bertz CT molecular complexity index is 1400. The van der Waals surface area contributed by atoms with Crippen molar-refractivity contribution >= 4 is 27.3 Å². The minimum Gasteiger partial charge on any atom is -0.393 e. The summed E-state index contributed by atoms with van der Waals surface area (Å²) < 4.78 is 52.8. The highest BCUT2D eigenvalue weighted by Gasteiger charge is 2.23. The molecule has 11 heteroatoms. The Morgan fingerprint density at radius 3 is 2.39 bits per heavy atom. The number of nitrogens with two attached hydrogens (primary N) is 1. The first kappa shape index (κ1) is 29.1. The SMILES string of the molecule is C=C(N=C(C(N)=NC)c1ccc(C(=O)N[C@H](C)c2cc(F)cc(S(C)(=O)=O)c2)c(F)c1)C1CCC(O)CC1. The first-order valence-electron chi connectivity index (χ1n) is 12.1. The second kappa shape index (κ2) is 12.0. The number of sulfone groups is 1. The number of hydrogen-bond donors (Lipinski definition) is 3. The maximum absolute atomic E-state index is 15.1. The minimum absolute atomic E-state index is 0.0560. The van der Waals surface area contributed by atoms with Gasteiger partial charge >= 0.3 is 0 Å². The van der Waals surface area contributed by atoms with Crippen LogP contribution in [0.5, 0.6) is 0 Å². The van der Waals surface area contributed by atoms with Crippen molar-refractivity contribution in [1.82, 2.24) is 5.32 Å². The molecule has 1 atom stereocenters. The molecule has 0 bridgehead atoms. The molecular formula is C27H32F2N4O4S. The number of aliphatic hydroxyl groups is 1. The molecule has 0 aromatic heterocycles. The fraction of sp³-hybridized carbons (Fsp3) is 0.370. The summed E-state index contributed by atoms with van der Waals surface area (Å²) in [7, 11) is -2.19. The van der Waals surface area contributed by atoms with Crippen molar-refractivity contribution in [2.45, 2.75) is 49.6 Å². The van der Waals surface area contributed by atoms with Gasteiger partial charge in [-0.1, -0.05) is 12.6 Å². The summed E-state index contributed by atoms with van der Waals surface area (Å²) in [5.74, 6) is -2.26. The fourth-order valence-corrected chi connectivity index (χ4v) is 4.95. The number of amides is 1. The van der Waals surface area contributed by atoms with Crippen molar-refractivity contribution in [1.29, 1.82) is 0 Å². The number of allylic oxidation sites excluding steroid dienone is 1. The predicted octanol–water partition coefficient (Wildman–Crippen LogP) is 3.70. The van der Waals surface area contributed by atoms with Crippen molar-refractivity contribution < 1.29 is 27.1 Å². The maximum Gasteiger partial charge on any atom is 0.254 e. The molecule has 8 nitrogen and oxygen atoms in total. The van der Waals surface area contributed by atoms with Gasteiger partial charge in [0, 0.05) is 30.5 Å². The number of hydrogen-bond acceptors (Lipinski definition) is 6. The zero-order valence-corrected chi connectivity index (χ0v) is 22.4. The van der Waals surface area contributed by atoms with Crippen LogP contribution in [0.25, 0.3) is 0 Å². The van der Waals surface area contributed by atoms with Crippen molar-refractivity contribution in [3.05, 3.63) is 77.0 Å². The Balaban J connectivity index is 1.84. The number of amidine groups is 1. The molecule has 2 aromatic rings. The summed E-state index contributed by atoms with van der Waals surface area (Å²) >= 11 is 0. The van der Waals surface area contributed by atoms with E-state index in [1.807, 2.05) is 0 Å². The Morgan fingerprint density at radius 2 is 1.82 bits per heavy atom. The van der Waals surface area contributed by atoms with E-state index in [-0.39, 0.29) is 39.6 Å². The van der Waals surface area contributed by atoms with Gasteiger partial charge in [0.1, 0.15) is 23.2 Å². The van der Waals surface area contributed by atoms with Gasteiger partial charge in [-0.25, -0.2) is 22.2 Å². The number of benzene rings is 2. The molecular weight excluding hydrogens is 514 g/mol. The van der Waals surface area contributed by atoms with Gasteiger partial charge in [-0.15, -0.1) is 0 Å². The third kappa shape index (κ3) is 7.11. The van der Waals surface area contributed by atoms with Crippen molar-refractivity contribution in [2.24, 2.45) is 21.6 Å². The monoisotopic (exact) mass is 546 g/mol. The van der Waals surface area contributed by atoms with Gasteiger partial charge in [-0.05, 0) is 68.5 Å². The number of halogens is 2. The van der Waals surface area contributed by atoms with Gasteiger partial charge in [0.15, 0.2) is 9.84 Å². The first-order chi connectivity index (χ1) is 17.8. The summed E-state index contributed by atoms with van der Waals surface area (Å²) in [6.07, 6.45) is 3.37. The molecule has 0 radical (unpaired) electrons. The quantitative estimate of drug-likeness (QED) is 0.343. The zero-order valence-electron chi connectivity index (χ0n) is 21.5. The summed E-state index contributed by atoms with van der Waals surface area (Å²) in [6.45, 7) is 5.57. The molecule has 1 aliphatic carbocycles. The Hall–Kier alpha value is -3.44. The van der Waals surface area contributed by atoms with E-state index in [9.17, 15) is 22.7 Å². The highest BCUT2D eigenvalue weighted by Crippen LogP contribution is 2.30. The van der Waals surface area contributed by atoms with Crippen molar-refractivity contribution in [3.63, 3.8) is 0 Å². The van der Waals surface area contributed by atoms with E-state index in [4.69, 9.17) is 5.73 Å². The summed E-state index contributed by atoms with van der Waals surface area (Å²) in [4.78, 5) is 21.1. The van der Waals surface area contributed by atoms with E-state index in [1.54, 1.807) is 0 Å². The van der Waals surface area contributed by atoms with Gasteiger partial charge < -0.3 is 16.2 Å². The number of carbonyl (C=O) groups is 1. The van der Waals surface area contributed by atoms with Crippen LogP contribution in [-0.2, 0) is 9.84 Å². The molecule has 1 amide bonds. The number of nitrogens with one attached hydrogen (secondary N) is 1. The van der Waals surface area contributed by atoms with Crippen LogP contribution in [0.15, 0.2) is 63.6 Å². The maximum atomic E-state index is 15.1. The van der Waals surface area contributed by atoms with Crippen LogP contribution in [0.2, 0.25) is 0 Å². The number of aliphatic hydroxyl groups excluding tert-OH is 1. The van der Waals surface area contributed by atoms with E-state index in [0.717, 1.165) is 37.3 Å². The van der Waals surface area contributed by atoms with Crippen LogP contribution >= 0.6 is 0 Å². The van der Waals surface area contributed by atoms with Crippen LogP contribution in [0.1, 0.15) is 60.1 Å². The topological polar surface area (TPSA) is 134 Å². The molecule has 3 rings (SSSR count). The Kier molecular flexibility index (Phi) is 9.16. The van der Waals surface area contributed by atoms with Crippen molar-refractivity contribution in [2.75, 3.05) is 13.3 Å². The molecule has 4 N–H and O–H groups in total. The zero-order chi connectivity index (χ0) is 28.2. The predicted molar refractivity (Wildman–Crippen MR) is 143 cm³/mol. The van der Waals surface area contributed by atoms with Crippen LogP contribution in [0.3, 0.4) is 0 Å². The van der Waals surface area contributed by atoms with Crippen molar-refractivity contribution in [3.8, 4) is 0 Å². The molecule has 38 heavy (non-hydrogen) atoms. The lowest BCUT2D eigenvalue weighted by Crippen LogP contribution is -2.29. The van der Waals surface area contributed by atoms with E-state index >= 15 is 4.39 Å². The lowest BCUT2D eigenvalue weighted by atomic mass is 9.86. The van der Waals surface area contributed by atoms with Gasteiger partial charge in [0.25, 0.3) is 5.91 Å². The second-order valence-electron chi connectivity index (χ2n) is 9.45. The molecule has 1 aliphatic rings. The van der Waals surface area contributed by atoms with Crippen LogP contribution < -0.4 is 11.1 Å². The molecule has 1 fully saturated rings. The Morgan fingerprint density at radius 1 is 1.16 bits per heavy atom. The van der Waals surface area contributed by atoms with Gasteiger partial charge in [-0.2, -0.15) is 0 Å². The van der Waals surface area contributed by atoms with Crippen LogP contribution in [0.4, 0.5) is 8.78 Å². The lowest BCUT2D eigenvalue weighted by Gasteiger charge is -2.25. The van der Waals surface area contributed by atoms with E-state index < -0.39 is 33.4 Å². The average Bonchev–Trinajstić information content (AvgIpc) is 2.86. The largest absolute Gasteiger partial charge is 0.393 e. The fourth-order valence-electron chi connectivity index (χ4n) is 4.27. The number of carbonyl (C=O) groups excluding carboxylic acids is 1. The smallest absolute Gasteiger partial charge is 0.254 e. The molecule has 2 aromatic carbocycles. The van der Waals surface area contributed by atoms with Crippen LogP contribution in [0, 0.1) is 17.6 Å².